The van der Waals surface area contributed by atoms with Gasteiger partial charge in [-0.05, 0) is 25.9 Å². The van der Waals surface area contributed by atoms with Crippen LogP contribution in [-0.4, -0.2) is 13.1 Å². The Kier molecular flexibility index (Phi) is 7.92. The van der Waals surface area contributed by atoms with E-state index < -0.39 is 0 Å². The van der Waals surface area contributed by atoms with Crippen molar-refractivity contribution in [2.45, 2.75) is 32.6 Å². The third kappa shape index (κ3) is 7.96. The summed E-state index contributed by atoms with van der Waals surface area (Å²) in [6.45, 7) is 8.29. The summed E-state index contributed by atoms with van der Waals surface area (Å²) in [5.41, 5.74) is 0. The quantitative estimate of drug-likeness (QED) is 0.539. The van der Waals surface area contributed by atoms with E-state index in [2.05, 4.69) is 19.2 Å². The van der Waals surface area contributed by atoms with Crippen molar-refractivity contribution in [3.8, 4) is 0 Å². The van der Waals surface area contributed by atoms with Crippen LogP contribution in [0, 0.1) is 6.92 Å². The molecule has 1 nitrogen and oxygen atoms in total. The maximum atomic E-state index is 3.76. The maximum Gasteiger partial charge on any atom is -0.00489 e. The van der Waals surface area contributed by atoms with Gasteiger partial charge in [0.2, 0.25) is 0 Å². The fourth-order valence-corrected chi connectivity index (χ4v) is 0.677. The highest BCUT2D eigenvalue weighted by Crippen LogP contribution is 1.84. The Balaban J connectivity index is 2.60. The molecule has 0 aromatic heterocycles. The van der Waals surface area contributed by atoms with Crippen LogP contribution in [0.4, 0.5) is 0 Å². The van der Waals surface area contributed by atoms with Gasteiger partial charge in [-0.2, -0.15) is 0 Å². The Morgan fingerprint density at radius 3 is 2.44 bits per heavy atom. The summed E-state index contributed by atoms with van der Waals surface area (Å²) in [7, 11) is 0. The zero-order chi connectivity index (χ0) is 6.95. The van der Waals surface area contributed by atoms with Gasteiger partial charge in [-0.3, -0.25) is 0 Å². The van der Waals surface area contributed by atoms with Gasteiger partial charge < -0.3 is 5.32 Å². The largest absolute Gasteiger partial charge is 0.317 e. The smallest absolute Gasteiger partial charge is 0.00489 e. The second kappa shape index (κ2) is 7.96. The molecular weight excluding hydrogens is 110 g/mol. The number of rotatable bonds is 6. The first-order chi connectivity index (χ1) is 4.41. The summed E-state index contributed by atoms with van der Waals surface area (Å²) in [6, 6.07) is 0. The SMILES string of the molecule is [CH2]CCCNCCCC. The van der Waals surface area contributed by atoms with Crippen molar-refractivity contribution in [1.29, 1.82) is 0 Å². The van der Waals surface area contributed by atoms with Crippen molar-refractivity contribution >= 4 is 0 Å². The third-order valence-corrected chi connectivity index (χ3v) is 1.31. The molecule has 55 valence electrons. The van der Waals surface area contributed by atoms with E-state index >= 15 is 0 Å². The van der Waals surface area contributed by atoms with E-state index in [9.17, 15) is 0 Å². The van der Waals surface area contributed by atoms with Gasteiger partial charge in [-0.1, -0.05) is 26.7 Å². The van der Waals surface area contributed by atoms with Crippen molar-refractivity contribution in [2.75, 3.05) is 13.1 Å². The predicted molar refractivity (Wildman–Crippen MR) is 42.4 cm³/mol. The molecule has 0 fully saturated rings. The van der Waals surface area contributed by atoms with Gasteiger partial charge in [0, 0.05) is 0 Å². The highest BCUT2D eigenvalue weighted by molar-refractivity contribution is 4.48. The van der Waals surface area contributed by atoms with E-state index in [0.717, 1.165) is 13.0 Å². The van der Waals surface area contributed by atoms with Gasteiger partial charge in [0.25, 0.3) is 0 Å². The van der Waals surface area contributed by atoms with Crippen molar-refractivity contribution < 1.29 is 0 Å². The molecule has 0 spiro atoms. The van der Waals surface area contributed by atoms with Crippen LogP contribution in [0.15, 0.2) is 0 Å². The number of nitrogens with one attached hydrogen (secondary N) is 1. The van der Waals surface area contributed by atoms with Crippen LogP contribution in [0.1, 0.15) is 32.6 Å². The van der Waals surface area contributed by atoms with Gasteiger partial charge >= 0.3 is 0 Å². The second-order valence-corrected chi connectivity index (χ2v) is 2.31. The third-order valence-electron chi connectivity index (χ3n) is 1.31. The number of hydrogen-bond donors (Lipinski definition) is 1. The van der Waals surface area contributed by atoms with E-state index in [0.29, 0.717) is 0 Å². The average Bonchev–Trinajstić information content (AvgIpc) is 1.89. The Labute approximate surface area is 58.8 Å². The second-order valence-electron chi connectivity index (χ2n) is 2.31. The highest BCUT2D eigenvalue weighted by Gasteiger charge is 1.83. The first-order valence-corrected chi connectivity index (χ1v) is 3.91. The summed E-state index contributed by atoms with van der Waals surface area (Å²) in [4.78, 5) is 0. The Hall–Kier alpha value is -0.0400. The van der Waals surface area contributed by atoms with Crippen molar-refractivity contribution in [1.82, 2.24) is 5.32 Å². The fraction of sp³-hybridized carbons (Fsp3) is 0.875. The zero-order valence-corrected chi connectivity index (χ0v) is 6.45. The lowest BCUT2D eigenvalue weighted by molar-refractivity contribution is 0.620. The standard InChI is InChI=1S/C8H18N/c1-3-5-7-9-8-6-4-2/h9H,1,3-8H2,2H3. The molecule has 0 heterocycles. The summed E-state index contributed by atoms with van der Waals surface area (Å²) >= 11 is 0. The van der Waals surface area contributed by atoms with Gasteiger partial charge in [-0.15, -0.1) is 0 Å². The molecule has 0 aliphatic rings. The molecule has 0 rings (SSSR count). The van der Waals surface area contributed by atoms with Crippen molar-refractivity contribution in [3.05, 3.63) is 6.92 Å². The highest BCUT2D eigenvalue weighted by atomic mass is 14.8. The molecule has 9 heavy (non-hydrogen) atoms. The molecule has 0 aromatic carbocycles. The molecule has 0 saturated carbocycles. The van der Waals surface area contributed by atoms with E-state index in [4.69, 9.17) is 0 Å². The lowest BCUT2D eigenvalue weighted by Crippen LogP contribution is -2.15. The molecule has 0 aromatic rings. The van der Waals surface area contributed by atoms with Crippen LogP contribution in [0.5, 0.6) is 0 Å². The van der Waals surface area contributed by atoms with E-state index in [1.54, 1.807) is 0 Å². The minimum atomic E-state index is 1.05. The van der Waals surface area contributed by atoms with Crippen LogP contribution < -0.4 is 5.32 Å². The van der Waals surface area contributed by atoms with Gasteiger partial charge in [-0.25, -0.2) is 0 Å². The zero-order valence-electron chi connectivity index (χ0n) is 6.45. The Morgan fingerprint density at radius 1 is 1.22 bits per heavy atom. The molecule has 0 unspecified atom stereocenters. The maximum absolute atomic E-state index is 3.76. The normalized spacial score (nSPS) is 10.0. The van der Waals surface area contributed by atoms with Crippen molar-refractivity contribution in [2.24, 2.45) is 0 Å². The Bertz CT molecular complexity index is 37.8. The van der Waals surface area contributed by atoms with Crippen molar-refractivity contribution in [3.63, 3.8) is 0 Å². The first-order valence-electron chi connectivity index (χ1n) is 3.91. The summed E-state index contributed by atoms with van der Waals surface area (Å²) in [6.07, 6.45) is 4.86. The number of unbranched alkanes of at least 4 members (excludes halogenated alkanes) is 2. The van der Waals surface area contributed by atoms with Gasteiger partial charge in [0.15, 0.2) is 0 Å². The molecule has 0 aliphatic carbocycles. The van der Waals surface area contributed by atoms with E-state index in [1.165, 1.54) is 25.8 Å². The molecule has 1 radical (unpaired) electrons. The molecule has 0 atom stereocenters. The summed E-state index contributed by atoms with van der Waals surface area (Å²) in [5, 5.41) is 3.35. The molecular formula is C8H18N. The molecule has 0 bridgehead atoms. The summed E-state index contributed by atoms with van der Waals surface area (Å²) < 4.78 is 0. The van der Waals surface area contributed by atoms with Gasteiger partial charge in [0.05, 0.1) is 0 Å². The lowest BCUT2D eigenvalue weighted by Gasteiger charge is -1.99. The molecule has 0 saturated heterocycles. The minimum Gasteiger partial charge on any atom is -0.317 e. The molecule has 0 aliphatic heterocycles. The van der Waals surface area contributed by atoms with Crippen LogP contribution in [0.2, 0.25) is 0 Å². The number of hydrogen-bond acceptors (Lipinski definition) is 1. The van der Waals surface area contributed by atoms with E-state index in [-0.39, 0.29) is 0 Å². The fourth-order valence-electron chi connectivity index (χ4n) is 0.677. The van der Waals surface area contributed by atoms with Crippen LogP contribution in [0.25, 0.3) is 0 Å². The van der Waals surface area contributed by atoms with Gasteiger partial charge in [0.1, 0.15) is 0 Å². The molecule has 0 amide bonds. The first kappa shape index (κ1) is 8.96. The molecule has 1 heteroatoms. The van der Waals surface area contributed by atoms with Crippen LogP contribution in [-0.2, 0) is 0 Å². The van der Waals surface area contributed by atoms with Crippen LogP contribution in [0.3, 0.4) is 0 Å². The van der Waals surface area contributed by atoms with E-state index in [1.807, 2.05) is 0 Å². The minimum absolute atomic E-state index is 1.05. The lowest BCUT2D eigenvalue weighted by atomic mass is 10.3. The topological polar surface area (TPSA) is 12.0 Å². The average molecular weight is 128 g/mol. The molecule has 1 N–H and O–H groups in total. The summed E-state index contributed by atoms with van der Waals surface area (Å²) in [5.74, 6) is 0. The predicted octanol–water partition coefficient (Wildman–Crippen LogP) is 1.99. The Morgan fingerprint density at radius 2 is 1.89 bits per heavy atom. The van der Waals surface area contributed by atoms with Crippen LogP contribution >= 0.6 is 0 Å². The monoisotopic (exact) mass is 128 g/mol.